The Balaban J connectivity index is 1.52. The second kappa shape index (κ2) is 8.87. The fourth-order valence-corrected chi connectivity index (χ4v) is 3.00. The van der Waals surface area contributed by atoms with E-state index in [1.54, 1.807) is 24.3 Å². The van der Waals surface area contributed by atoms with Gasteiger partial charge in [-0.3, -0.25) is 4.79 Å². The number of rotatable bonds is 5. The van der Waals surface area contributed by atoms with Crippen molar-refractivity contribution < 1.29 is 15.0 Å². The summed E-state index contributed by atoms with van der Waals surface area (Å²) in [5.74, 6) is -0.737. The van der Waals surface area contributed by atoms with Crippen LogP contribution in [0.4, 0.5) is 11.4 Å². The lowest BCUT2D eigenvalue weighted by Crippen LogP contribution is -2.17. The van der Waals surface area contributed by atoms with Crippen LogP contribution in [0.3, 0.4) is 0 Å². The van der Waals surface area contributed by atoms with E-state index in [0.29, 0.717) is 11.3 Å². The molecule has 7 heteroatoms. The monoisotopic (exact) mass is 410 g/mol. The van der Waals surface area contributed by atoms with Crippen molar-refractivity contribution in [3.63, 3.8) is 0 Å². The van der Waals surface area contributed by atoms with Crippen molar-refractivity contribution in [2.24, 2.45) is 15.3 Å². The summed E-state index contributed by atoms with van der Waals surface area (Å²) < 4.78 is 0. The van der Waals surface area contributed by atoms with Crippen LogP contribution in [0.5, 0.6) is 11.5 Å². The second-order valence-electron chi connectivity index (χ2n) is 6.66. The van der Waals surface area contributed by atoms with Crippen LogP contribution in [0.1, 0.15) is 15.9 Å². The number of fused-ring (bicyclic) bond motifs is 1. The van der Waals surface area contributed by atoms with Crippen LogP contribution in [-0.2, 0) is 0 Å². The third-order valence-electron chi connectivity index (χ3n) is 4.57. The zero-order valence-electron chi connectivity index (χ0n) is 16.3. The van der Waals surface area contributed by atoms with Crippen molar-refractivity contribution in [1.82, 2.24) is 5.43 Å². The molecule has 1 amide bonds. The van der Waals surface area contributed by atoms with Gasteiger partial charge in [0.15, 0.2) is 0 Å². The van der Waals surface area contributed by atoms with Crippen molar-refractivity contribution in [2.75, 3.05) is 0 Å². The topological polar surface area (TPSA) is 107 Å². The minimum atomic E-state index is -0.569. The molecule has 0 fully saturated rings. The highest BCUT2D eigenvalue weighted by Crippen LogP contribution is 2.28. The number of phenols is 2. The van der Waals surface area contributed by atoms with Crippen molar-refractivity contribution in [1.29, 1.82) is 0 Å². The molecule has 0 aromatic heterocycles. The van der Waals surface area contributed by atoms with Crippen LogP contribution in [-0.4, -0.2) is 22.3 Å². The molecule has 0 spiro atoms. The summed E-state index contributed by atoms with van der Waals surface area (Å²) in [7, 11) is 0. The van der Waals surface area contributed by atoms with E-state index >= 15 is 0 Å². The number of azo groups is 1. The van der Waals surface area contributed by atoms with Crippen LogP contribution < -0.4 is 5.43 Å². The Morgan fingerprint density at radius 1 is 0.806 bits per heavy atom. The fourth-order valence-electron chi connectivity index (χ4n) is 3.00. The van der Waals surface area contributed by atoms with Gasteiger partial charge in [-0.15, -0.1) is 5.11 Å². The van der Waals surface area contributed by atoms with Gasteiger partial charge in [0.2, 0.25) is 0 Å². The van der Waals surface area contributed by atoms with E-state index in [1.165, 1.54) is 24.4 Å². The molecule has 0 saturated carbocycles. The summed E-state index contributed by atoms with van der Waals surface area (Å²) in [6.45, 7) is 0. The molecule has 0 aliphatic rings. The van der Waals surface area contributed by atoms with Crippen molar-refractivity contribution >= 4 is 34.3 Å². The SMILES string of the molecule is O=C(NN=Cc1cc(N=Nc2cccc3ccccc23)ccc1O)c1ccccc1O. The van der Waals surface area contributed by atoms with E-state index < -0.39 is 5.91 Å². The third-order valence-corrected chi connectivity index (χ3v) is 4.57. The van der Waals surface area contributed by atoms with E-state index in [1.807, 2.05) is 42.5 Å². The lowest BCUT2D eigenvalue weighted by Gasteiger charge is -2.03. The number of benzene rings is 4. The second-order valence-corrected chi connectivity index (χ2v) is 6.66. The molecule has 4 rings (SSSR count). The largest absolute Gasteiger partial charge is 0.507 e. The zero-order valence-corrected chi connectivity index (χ0v) is 16.3. The van der Waals surface area contributed by atoms with Crippen LogP contribution in [0, 0.1) is 0 Å². The quantitative estimate of drug-likeness (QED) is 0.232. The molecule has 0 bridgehead atoms. The zero-order chi connectivity index (χ0) is 21.6. The smallest absolute Gasteiger partial charge is 0.275 e. The number of amides is 1. The van der Waals surface area contributed by atoms with Gasteiger partial charge in [0.05, 0.1) is 23.2 Å². The Morgan fingerprint density at radius 3 is 2.45 bits per heavy atom. The molecule has 152 valence electrons. The van der Waals surface area contributed by atoms with Crippen LogP contribution in [0.2, 0.25) is 0 Å². The van der Waals surface area contributed by atoms with Crippen molar-refractivity contribution in [3.05, 3.63) is 96.1 Å². The number of nitrogens with zero attached hydrogens (tertiary/aromatic N) is 3. The van der Waals surface area contributed by atoms with Gasteiger partial charge < -0.3 is 10.2 Å². The molecule has 0 aliphatic heterocycles. The highest BCUT2D eigenvalue weighted by atomic mass is 16.3. The van der Waals surface area contributed by atoms with Gasteiger partial charge in [-0.25, -0.2) is 5.43 Å². The van der Waals surface area contributed by atoms with Crippen molar-refractivity contribution in [3.8, 4) is 11.5 Å². The number of aromatic hydroxyl groups is 2. The van der Waals surface area contributed by atoms with Gasteiger partial charge in [0.1, 0.15) is 11.5 Å². The Labute approximate surface area is 178 Å². The number of nitrogens with one attached hydrogen (secondary N) is 1. The standard InChI is InChI=1S/C24H18N4O3/c29-22-13-12-18(26-27-21-10-5-7-16-6-1-2-8-19(16)21)14-17(22)15-25-28-24(31)20-9-3-4-11-23(20)30/h1-15,29-30H,(H,28,31). The number of phenolic OH excluding ortho intramolecular Hbond substituents is 2. The maximum atomic E-state index is 12.1. The first-order chi connectivity index (χ1) is 15.1. The summed E-state index contributed by atoms with van der Waals surface area (Å²) in [5.41, 5.74) is 4.02. The van der Waals surface area contributed by atoms with E-state index in [2.05, 4.69) is 20.8 Å². The molecule has 0 saturated heterocycles. The summed E-state index contributed by atoms with van der Waals surface area (Å²) in [4.78, 5) is 12.1. The van der Waals surface area contributed by atoms with Crippen molar-refractivity contribution in [2.45, 2.75) is 0 Å². The van der Waals surface area contributed by atoms with E-state index in [-0.39, 0.29) is 17.1 Å². The molecular weight excluding hydrogens is 392 g/mol. The molecule has 3 N–H and O–H groups in total. The molecule has 31 heavy (non-hydrogen) atoms. The predicted octanol–water partition coefficient (Wildman–Crippen LogP) is 5.43. The highest BCUT2D eigenvalue weighted by Gasteiger charge is 2.09. The number of carbonyl (C=O) groups excluding carboxylic acids is 1. The van der Waals surface area contributed by atoms with Gasteiger partial charge in [-0.1, -0.05) is 48.5 Å². The highest BCUT2D eigenvalue weighted by molar-refractivity contribution is 5.97. The normalized spacial score (nSPS) is 11.4. The summed E-state index contributed by atoms with van der Waals surface area (Å²) in [6, 6.07) is 24.5. The Bertz CT molecular complexity index is 1310. The fraction of sp³-hybridized carbons (Fsp3) is 0. The first kappa shape index (κ1) is 19.8. The average Bonchev–Trinajstić information content (AvgIpc) is 2.79. The predicted molar refractivity (Wildman–Crippen MR) is 119 cm³/mol. The first-order valence-electron chi connectivity index (χ1n) is 9.46. The van der Waals surface area contributed by atoms with Gasteiger partial charge in [0.25, 0.3) is 5.91 Å². The summed E-state index contributed by atoms with van der Waals surface area (Å²) in [5, 5.41) is 34.3. The van der Waals surface area contributed by atoms with E-state index in [4.69, 9.17) is 0 Å². The first-order valence-corrected chi connectivity index (χ1v) is 9.46. The molecule has 7 nitrogen and oxygen atoms in total. The van der Waals surface area contributed by atoms with Gasteiger partial charge in [0, 0.05) is 10.9 Å². The Morgan fingerprint density at radius 2 is 1.58 bits per heavy atom. The van der Waals surface area contributed by atoms with E-state index in [0.717, 1.165) is 16.5 Å². The van der Waals surface area contributed by atoms with Gasteiger partial charge >= 0.3 is 0 Å². The third kappa shape index (κ3) is 4.56. The summed E-state index contributed by atoms with van der Waals surface area (Å²) >= 11 is 0. The average molecular weight is 410 g/mol. The van der Waals surface area contributed by atoms with Crippen LogP contribution in [0.15, 0.2) is 100 Å². The maximum Gasteiger partial charge on any atom is 0.275 e. The molecule has 4 aromatic carbocycles. The molecular formula is C24H18N4O3. The lowest BCUT2D eigenvalue weighted by molar-refractivity contribution is 0.0952. The number of carbonyl (C=O) groups is 1. The number of para-hydroxylation sites is 1. The summed E-state index contributed by atoms with van der Waals surface area (Å²) in [6.07, 6.45) is 1.30. The maximum absolute atomic E-state index is 12.1. The minimum absolute atomic E-state index is 0.0235. The van der Waals surface area contributed by atoms with Gasteiger partial charge in [-0.05, 0) is 41.8 Å². The van der Waals surface area contributed by atoms with Gasteiger partial charge in [-0.2, -0.15) is 10.2 Å². The number of hydrogen-bond acceptors (Lipinski definition) is 6. The van der Waals surface area contributed by atoms with E-state index in [9.17, 15) is 15.0 Å². The number of hydrogen-bond donors (Lipinski definition) is 3. The Kier molecular flexibility index (Phi) is 5.66. The molecule has 0 radical (unpaired) electrons. The molecule has 4 aromatic rings. The Hall–Kier alpha value is -4.52. The molecule has 0 heterocycles. The van der Waals surface area contributed by atoms with Crippen LogP contribution >= 0.6 is 0 Å². The molecule has 0 atom stereocenters. The van der Waals surface area contributed by atoms with Crippen LogP contribution in [0.25, 0.3) is 10.8 Å². The lowest BCUT2D eigenvalue weighted by atomic mass is 10.1. The minimum Gasteiger partial charge on any atom is -0.507 e. The molecule has 0 aliphatic carbocycles. The number of hydrazone groups is 1. The molecule has 0 unspecified atom stereocenters.